The molecule has 0 atom stereocenters. The summed E-state index contributed by atoms with van der Waals surface area (Å²) in [6, 6.07) is 2.41. The van der Waals surface area contributed by atoms with Crippen molar-refractivity contribution in [2.24, 2.45) is 5.92 Å². The van der Waals surface area contributed by atoms with Crippen LogP contribution in [0, 0.1) is 11.7 Å². The predicted molar refractivity (Wildman–Crippen MR) is 74.6 cm³/mol. The maximum absolute atomic E-state index is 13.8. The van der Waals surface area contributed by atoms with Crippen molar-refractivity contribution in [1.29, 1.82) is 0 Å². The van der Waals surface area contributed by atoms with Crippen LogP contribution in [-0.2, 0) is 4.74 Å². The van der Waals surface area contributed by atoms with E-state index >= 15 is 0 Å². The van der Waals surface area contributed by atoms with Crippen molar-refractivity contribution in [3.63, 3.8) is 0 Å². The molecule has 0 bridgehead atoms. The summed E-state index contributed by atoms with van der Waals surface area (Å²) in [6.07, 6.45) is 1.91. The van der Waals surface area contributed by atoms with E-state index in [1.54, 1.807) is 7.11 Å². The zero-order chi connectivity index (χ0) is 14.7. The van der Waals surface area contributed by atoms with Crippen LogP contribution in [0.5, 0.6) is 0 Å². The molecule has 6 heteroatoms. The maximum Gasteiger partial charge on any atom is 0.338 e. The highest BCUT2D eigenvalue weighted by atomic mass is 19.1. The van der Waals surface area contributed by atoms with Crippen LogP contribution < -0.4 is 10.6 Å². The molecule has 0 radical (unpaired) electrons. The first-order chi connectivity index (χ1) is 9.52. The average molecular weight is 282 g/mol. The standard InChI is InChI=1S/C14H19FN2O3/c1-20-8-9-2-4-17(5-3-9)13-7-11(15)10(14(18)19)6-12(13)16/h6-7,9H,2-5,8,16H2,1H3,(H,18,19). The Balaban J connectivity index is 2.14. The summed E-state index contributed by atoms with van der Waals surface area (Å²) in [5.74, 6) is -1.54. The van der Waals surface area contributed by atoms with E-state index in [0.717, 1.165) is 32.5 Å². The van der Waals surface area contributed by atoms with Crippen LogP contribution in [0.15, 0.2) is 12.1 Å². The predicted octanol–water partition coefficient (Wildman–Crippen LogP) is 1.97. The van der Waals surface area contributed by atoms with E-state index in [-0.39, 0.29) is 5.56 Å². The molecule has 5 nitrogen and oxygen atoms in total. The lowest BCUT2D eigenvalue weighted by Crippen LogP contribution is -2.35. The van der Waals surface area contributed by atoms with Crippen LogP contribution in [0.25, 0.3) is 0 Å². The van der Waals surface area contributed by atoms with Gasteiger partial charge in [-0.05, 0) is 24.8 Å². The lowest BCUT2D eigenvalue weighted by molar-refractivity contribution is 0.0692. The van der Waals surface area contributed by atoms with Gasteiger partial charge in [-0.1, -0.05) is 0 Å². The number of piperidine rings is 1. The molecule has 1 fully saturated rings. The second kappa shape index (κ2) is 6.09. The second-order valence-corrected chi connectivity index (χ2v) is 5.08. The lowest BCUT2D eigenvalue weighted by Gasteiger charge is -2.34. The molecule has 2 rings (SSSR count). The molecule has 1 aromatic carbocycles. The highest BCUT2D eigenvalue weighted by molar-refractivity contribution is 5.91. The van der Waals surface area contributed by atoms with Crippen molar-refractivity contribution in [3.8, 4) is 0 Å². The van der Waals surface area contributed by atoms with E-state index < -0.39 is 11.8 Å². The van der Waals surface area contributed by atoms with Crippen LogP contribution in [0.2, 0.25) is 0 Å². The molecule has 0 spiro atoms. The Kier molecular flexibility index (Phi) is 4.44. The van der Waals surface area contributed by atoms with E-state index in [0.29, 0.717) is 17.3 Å². The van der Waals surface area contributed by atoms with E-state index in [4.69, 9.17) is 15.6 Å². The number of hydrogen-bond donors (Lipinski definition) is 2. The van der Waals surface area contributed by atoms with Crippen molar-refractivity contribution in [2.45, 2.75) is 12.8 Å². The Morgan fingerprint density at radius 3 is 2.70 bits per heavy atom. The van der Waals surface area contributed by atoms with Gasteiger partial charge >= 0.3 is 5.97 Å². The number of nitrogens with two attached hydrogens (primary N) is 1. The molecular formula is C14H19FN2O3. The second-order valence-electron chi connectivity index (χ2n) is 5.08. The summed E-state index contributed by atoms with van der Waals surface area (Å²) in [4.78, 5) is 12.8. The number of nitrogen functional groups attached to an aromatic ring is 1. The molecule has 0 aliphatic carbocycles. The minimum Gasteiger partial charge on any atom is -0.478 e. The third-order valence-electron chi connectivity index (χ3n) is 3.70. The van der Waals surface area contributed by atoms with Crippen LogP contribution in [0.4, 0.5) is 15.8 Å². The fraction of sp³-hybridized carbons (Fsp3) is 0.500. The van der Waals surface area contributed by atoms with Crippen molar-refractivity contribution < 1.29 is 19.0 Å². The number of rotatable bonds is 4. The first-order valence-corrected chi connectivity index (χ1v) is 6.59. The molecule has 110 valence electrons. The van der Waals surface area contributed by atoms with E-state index in [1.165, 1.54) is 12.1 Å². The van der Waals surface area contributed by atoms with Gasteiger partial charge < -0.3 is 20.5 Å². The molecule has 0 unspecified atom stereocenters. The summed E-state index contributed by atoms with van der Waals surface area (Å²) >= 11 is 0. The van der Waals surface area contributed by atoms with Gasteiger partial charge in [-0.2, -0.15) is 0 Å². The molecule has 1 aromatic rings. The van der Waals surface area contributed by atoms with Crippen molar-refractivity contribution >= 4 is 17.3 Å². The lowest BCUT2D eigenvalue weighted by atomic mass is 9.97. The number of carboxylic acid groups (broad SMARTS) is 1. The first kappa shape index (κ1) is 14.6. The topological polar surface area (TPSA) is 75.8 Å². The average Bonchev–Trinajstić information content (AvgIpc) is 2.42. The molecule has 1 saturated heterocycles. The largest absolute Gasteiger partial charge is 0.478 e. The number of ether oxygens (including phenoxy) is 1. The van der Waals surface area contributed by atoms with Gasteiger partial charge in [0.25, 0.3) is 0 Å². The number of anilines is 2. The van der Waals surface area contributed by atoms with Gasteiger partial charge in [0.2, 0.25) is 0 Å². The van der Waals surface area contributed by atoms with Gasteiger partial charge in [0, 0.05) is 32.9 Å². The summed E-state index contributed by atoms with van der Waals surface area (Å²) in [6.45, 7) is 2.27. The summed E-state index contributed by atoms with van der Waals surface area (Å²) < 4.78 is 18.9. The Hall–Kier alpha value is -1.82. The third-order valence-corrected chi connectivity index (χ3v) is 3.70. The monoisotopic (exact) mass is 282 g/mol. The minimum absolute atomic E-state index is 0.300. The highest BCUT2D eigenvalue weighted by Gasteiger charge is 2.22. The summed E-state index contributed by atoms with van der Waals surface area (Å²) in [7, 11) is 1.68. The molecule has 1 aliphatic rings. The van der Waals surface area contributed by atoms with Gasteiger partial charge in [-0.25, -0.2) is 9.18 Å². The van der Waals surface area contributed by atoms with Crippen LogP contribution in [0.3, 0.4) is 0 Å². The van der Waals surface area contributed by atoms with Gasteiger partial charge in [-0.3, -0.25) is 0 Å². The van der Waals surface area contributed by atoms with Crippen molar-refractivity contribution in [1.82, 2.24) is 0 Å². The Bertz CT molecular complexity index is 499. The number of carbonyl (C=O) groups is 1. The van der Waals surface area contributed by atoms with Crippen molar-refractivity contribution in [2.75, 3.05) is 37.4 Å². The Labute approximate surface area is 117 Å². The molecule has 1 heterocycles. The van der Waals surface area contributed by atoms with E-state index in [9.17, 15) is 9.18 Å². The van der Waals surface area contributed by atoms with Gasteiger partial charge in [0.1, 0.15) is 5.82 Å². The molecule has 3 N–H and O–H groups in total. The summed E-state index contributed by atoms with van der Waals surface area (Å²) in [5.41, 5.74) is 6.34. The Morgan fingerprint density at radius 1 is 1.50 bits per heavy atom. The van der Waals surface area contributed by atoms with Gasteiger partial charge in [0.05, 0.1) is 16.9 Å². The Morgan fingerprint density at radius 2 is 2.15 bits per heavy atom. The number of nitrogens with zero attached hydrogens (tertiary/aromatic N) is 1. The number of aromatic carboxylic acids is 1. The molecule has 0 saturated carbocycles. The SMILES string of the molecule is COCC1CCN(c2cc(F)c(C(=O)O)cc2N)CC1. The number of hydrogen-bond acceptors (Lipinski definition) is 4. The fourth-order valence-corrected chi connectivity index (χ4v) is 2.59. The number of benzene rings is 1. The molecule has 20 heavy (non-hydrogen) atoms. The van der Waals surface area contributed by atoms with Crippen LogP contribution in [0.1, 0.15) is 23.2 Å². The van der Waals surface area contributed by atoms with Gasteiger partial charge in [-0.15, -0.1) is 0 Å². The fourth-order valence-electron chi connectivity index (χ4n) is 2.59. The molecule has 0 aromatic heterocycles. The quantitative estimate of drug-likeness (QED) is 0.826. The zero-order valence-electron chi connectivity index (χ0n) is 11.4. The van der Waals surface area contributed by atoms with E-state index in [2.05, 4.69) is 0 Å². The highest BCUT2D eigenvalue weighted by Crippen LogP contribution is 2.30. The third kappa shape index (κ3) is 3.01. The van der Waals surface area contributed by atoms with Crippen LogP contribution in [-0.4, -0.2) is 37.9 Å². The maximum atomic E-state index is 13.8. The van der Waals surface area contributed by atoms with Crippen LogP contribution >= 0.6 is 0 Å². The molecule has 1 aliphatic heterocycles. The normalized spacial score (nSPS) is 16.4. The zero-order valence-corrected chi connectivity index (χ0v) is 11.4. The van der Waals surface area contributed by atoms with E-state index in [1.807, 2.05) is 4.90 Å². The summed E-state index contributed by atoms with van der Waals surface area (Å²) in [5, 5.41) is 8.86. The van der Waals surface area contributed by atoms with Gasteiger partial charge in [0.15, 0.2) is 0 Å². The minimum atomic E-state index is -1.31. The number of halogens is 1. The first-order valence-electron chi connectivity index (χ1n) is 6.59. The number of methoxy groups -OCH3 is 1. The smallest absolute Gasteiger partial charge is 0.338 e. The van der Waals surface area contributed by atoms with Crippen molar-refractivity contribution in [3.05, 3.63) is 23.5 Å². The number of carboxylic acids is 1. The molecular weight excluding hydrogens is 263 g/mol. The molecule has 0 amide bonds.